The van der Waals surface area contributed by atoms with Crippen molar-refractivity contribution < 1.29 is 4.74 Å². The largest absolute Gasteiger partial charge is 0.457 e. The Balaban J connectivity index is 1.48. The number of rotatable bonds is 4. The van der Waals surface area contributed by atoms with Gasteiger partial charge in [0, 0.05) is 17.1 Å². The van der Waals surface area contributed by atoms with Crippen molar-refractivity contribution in [3.63, 3.8) is 0 Å². The number of hydrogen-bond donors (Lipinski definition) is 0. The minimum atomic E-state index is 0.844. The van der Waals surface area contributed by atoms with Crippen molar-refractivity contribution in [3.05, 3.63) is 90.0 Å². The van der Waals surface area contributed by atoms with Gasteiger partial charge in [-0.2, -0.15) is 0 Å². The summed E-state index contributed by atoms with van der Waals surface area (Å²) in [5, 5.41) is 0. The Bertz CT molecular complexity index is 893. The molecule has 0 spiro atoms. The van der Waals surface area contributed by atoms with Gasteiger partial charge in [0.15, 0.2) is 0 Å². The predicted octanol–water partition coefficient (Wildman–Crippen LogP) is 6.65. The van der Waals surface area contributed by atoms with E-state index in [1.807, 2.05) is 60.3 Å². The van der Waals surface area contributed by atoms with Crippen LogP contribution in [0.25, 0.3) is 0 Å². The first-order chi connectivity index (χ1) is 12.4. The molecule has 2 nitrogen and oxygen atoms in total. The third kappa shape index (κ3) is 4.09. The zero-order valence-electron chi connectivity index (χ0n) is 13.6. The van der Waals surface area contributed by atoms with Crippen molar-refractivity contribution in [2.45, 2.75) is 11.5 Å². The Morgan fingerprint density at radius 1 is 0.880 bits per heavy atom. The molecule has 3 aromatic carbocycles. The van der Waals surface area contributed by atoms with Crippen LogP contribution in [0.5, 0.6) is 11.5 Å². The fraction of sp³-hybridized carbons (Fsp3) is 0.0952. The summed E-state index contributed by atoms with van der Waals surface area (Å²) >= 11 is 3.58. The van der Waals surface area contributed by atoms with Crippen LogP contribution in [0.1, 0.15) is 11.1 Å². The Hall–Kier alpha value is -2.17. The topological polar surface area (TPSA) is 21.6 Å². The number of hydrogen-bond acceptors (Lipinski definition) is 4. The molecule has 0 aromatic heterocycles. The van der Waals surface area contributed by atoms with Crippen LogP contribution in [-0.4, -0.2) is 4.38 Å². The highest BCUT2D eigenvalue weighted by Gasteiger charge is 2.13. The van der Waals surface area contributed by atoms with Gasteiger partial charge < -0.3 is 4.74 Å². The molecular weight excluding hydrogens is 346 g/mol. The maximum Gasteiger partial charge on any atom is 0.131 e. The zero-order chi connectivity index (χ0) is 16.9. The van der Waals surface area contributed by atoms with E-state index in [2.05, 4.69) is 30.3 Å². The molecule has 4 heteroatoms. The lowest BCUT2D eigenvalue weighted by atomic mass is 10.2. The normalized spacial score (nSPS) is 13.0. The van der Waals surface area contributed by atoms with Crippen molar-refractivity contribution in [3.8, 4) is 11.5 Å². The molecule has 0 unspecified atom stereocenters. The van der Waals surface area contributed by atoms with E-state index in [1.165, 1.54) is 11.1 Å². The quantitative estimate of drug-likeness (QED) is 0.518. The van der Waals surface area contributed by atoms with Crippen LogP contribution >= 0.6 is 23.5 Å². The van der Waals surface area contributed by atoms with Crippen LogP contribution < -0.4 is 4.74 Å². The van der Waals surface area contributed by atoms with Gasteiger partial charge in [0.25, 0.3) is 0 Å². The second-order valence-corrected chi connectivity index (χ2v) is 7.79. The molecule has 0 atom stereocenters. The van der Waals surface area contributed by atoms with E-state index < -0.39 is 0 Å². The first kappa shape index (κ1) is 16.3. The van der Waals surface area contributed by atoms with Gasteiger partial charge >= 0.3 is 0 Å². The molecule has 124 valence electrons. The van der Waals surface area contributed by atoms with Gasteiger partial charge in [-0.3, -0.25) is 0 Å². The molecule has 1 aliphatic heterocycles. The molecule has 1 aliphatic rings. The van der Waals surface area contributed by atoms with E-state index in [9.17, 15) is 0 Å². The fourth-order valence-corrected chi connectivity index (χ4v) is 4.62. The fourth-order valence-electron chi connectivity index (χ4n) is 2.56. The molecule has 0 saturated carbocycles. The van der Waals surface area contributed by atoms with Crippen molar-refractivity contribution in [1.82, 2.24) is 0 Å². The minimum Gasteiger partial charge on any atom is -0.457 e. The summed E-state index contributed by atoms with van der Waals surface area (Å²) < 4.78 is 7.16. The molecule has 0 aliphatic carbocycles. The highest BCUT2D eigenvalue weighted by atomic mass is 32.2. The average molecular weight is 364 g/mol. The summed E-state index contributed by atoms with van der Waals surface area (Å²) in [5.41, 5.74) is 3.58. The van der Waals surface area contributed by atoms with E-state index in [0.29, 0.717) is 0 Å². The smallest absolute Gasteiger partial charge is 0.131 e. The molecular formula is C21H17NOS2. The lowest BCUT2D eigenvalue weighted by molar-refractivity contribution is 0.478. The summed E-state index contributed by atoms with van der Waals surface area (Å²) in [7, 11) is 0. The van der Waals surface area contributed by atoms with Gasteiger partial charge in [0.2, 0.25) is 0 Å². The number of fused-ring (bicyclic) bond motifs is 1. The van der Waals surface area contributed by atoms with Crippen LogP contribution in [-0.2, 0) is 11.5 Å². The van der Waals surface area contributed by atoms with E-state index in [1.54, 1.807) is 11.8 Å². The zero-order valence-corrected chi connectivity index (χ0v) is 15.2. The molecule has 0 radical (unpaired) electrons. The second-order valence-electron chi connectivity index (χ2n) is 5.61. The molecule has 1 heterocycles. The summed E-state index contributed by atoms with van der Waals surface area (Å²) in [6.07, 6.45) is 0. The molecule has 0 saturated heterocycles. The van der Waals surface area contributed by atoms with Gasteiger partial charge in [-0.05, 0) is 29.8 Å². The lowest BCUT2D eigenvalue weighted by Gasteiger charge is -2.15. The van der Waals surface area contributed by atoms with E-state index in [-0.39, 0.29) is 0 Å². The number of benzene rings is 3. The molecule has 0 fully saturated rings. The Labute approximate surface area is 156 Å². The van der Waals surface area contributed by atoms with Crippen LogP contribution in [0.4, 0.5) is 5.69 Å². The predicted molar refractivity (Wildman–Crippen MR) is 109 cm³/mol. The van der Waals surface area contributed by atoms with Crippen molar-refractivity contribution in [2.24, 2.45) is 4.99 Å². The molecule has 0 amide bonds. The number of aliphatic imine (C=N–C) groups is 1. The monoisotopic (exact) mass is 363 g/mol. The third-order valence-electron chi connectivity index (χ3n) is 3.85. The Morgan fingerprint density at radius 2 is 1.64 bits per heavy atom. The Morgan fingerprint density at radius 3 is 2.56 bits per heavy atom. The molecule has 3 aromatic rings. The number of thioether (sulfide) groups is 2. The van der Waals surface area contributed by atoms with Gasteiger partial charge in [-0.1, -0.05) is 78.1 Å². The summed E-state index contributed by atoms with van der Waals surface area (Å²) in [5.74, 6) is 3.60. The number of ether oxygens (including phenoxy) is 1. The highest BCUT2D eigenvalue weighted by Crippen LogP contribution is 2.36. The summed E-state index contributed by atoms with van der Waals surface area (Å²) in [4.78, 5) is 4.78. The molecule has 25 heavy (non-hydrogen) atoms. The highest BCUT2D eigenvalue weighted by molar-refractivity contribution is 8.38. The number of nitrogens with zero attached hydrogens (tertiary/aromatic N) is 1. The maximum atomic E-state index is 6.05. The van der Waals surface area contributed by atoms with E-state index >= 15 is 0 Å². The van der Waals surface area contributed by atoms with Gasteiger partial charge in [0.1, 0.15) is 15.9 Å². The Kier molecular flexibility index (Phi) is 5.09. The molecule has 0 bridgehead atoms. The van der Waals surface area contributed by atoms with Gasteiger partial charge in [0.05, 0.1) is 5.69 Å². The molecule has 4 rings (SSSR count). The SMILES string of the molecule is c1ccc(Oc2ccccc2CSC2=Nc3ccccc3CS2)cc1. The lowest BCUT2D eigenvalue weighted by Crippen LogP contribution is -1.97. The van der Waals surface area contributed by atoms with Crippen molar-refractivity contribution >= 4 is 33.6 Å². The van der Waals surface area contributed by atoms with Crippen molar-refractivity contribution in [1.29, 1.82) is 0 Å². The van der Waals surface area contributed by atoms with Crippen LogP contribution in [0.2, 0.25) is 0 Å². The average Bonchev–Trinajstić information content (AvgIpc) is 2.68. The number of para-hydroxylation sites is 3. The molecule has 0 N–H and O–H groups in total. The van der Waals surface area contributed by atoms with Gasteiger partial charge in [-0.15, -0.1) is 0 Å². The van der Waals surface area contributed by atoms with Gasteiger partial charge in [-0.25, -0.2) is 4.99 Å². The van der Waals surface area contributed by atoms with E-state index in [0.717, 1.165) is 33.1 Å². The third-order valence-corrected chi connectivity index (χ3v) is 6.14. The van der Waals surface area contributed by atoms with E-state index in [4.69, 9.17) is 9.73 Å². The van der Waals surface area contributed by atoms with Crippen LogP contribution in [0.15, 0.2) is 83.9 Å². The first-order valence-corrected chi connectivity index (χ1v) is 10.1. The summed E-state index contributed by atoms with van der Waals surface area (Å²) in [6.45, 7) is 0. The van der Waals surface area contributed by atoms with Crippen LogP contribution in [0, 0.1) is 0 Å². The minimum absolute atomic E-state index is 0.844. The van der Waals surface area contributed by atoms with Crippen molar-refractivity contribution in [2.75, 3.05) is 0 Å². The van der Waals surface area contributed by atoms with Crippen LogP contribution in [0.3, 0.4) is 0 Å². The maximum absolute atomic E-state index is 6.05. The summed E-state index contributed by atoms with van der Waals surface area (Å²) in [6, 6.07) is 26.5. The first-order valence-electron chi connectivity index (χ1n) is 8.11. The second kappa shape index (κ2) is 7.81. The standard InChI is InChI=1S/C21H17NOS2/c1-2-10-18(11-3-1)23-20-13-7-5-9-17(20)15-25-21-22-19-12-6-4-8-16(19)14-24-21/h1-13H,14-15H2.